The van der Waals surface area contributed by atoms with Crippen LogP contribution in [-0.4, -0.2) is 48.6 Å². The van der Waals surface area contributed by atoms with Crippen LogP contribution in [-0.2, 0) is 23.9 Å². The third-order valence-corrected chi connectivity index (χ3v) is 3.99. The Kier molecular flexibility index (Phi) is 5.76. The number of carbonyl (C=O) groups excluding carboxylic acids is 3. The number of amides is 2. The Balaban J connectivity index is 2.46. The van der Waals surface area contributed by atoms with Crippen molar-refractivity contribution in [2.24, 2.45) is 0 Å². The number of hydrogen-bond donors (Lipinski definition) is 1. The van der Waals surface area contributed by atoms with E-state index in [4.69, 9.17) is 9.84 Å². The van der Waals surface area contributed by atoms with Gasteiger partial charge in [-0.2, -0.15) is 0 Å². The number of rotatable bonds is 5. The molecular formula is C18H20N2O6. The molecule has 26 heavy (non-hydrogen) atoms. The summed E-state index contributed by atoms with van der Waals surface area (Å²) in [5.74, 6) is -2.88. The molecule has 0 spiro atoms. The van der Waals surface area contributed by atoms with Gasteiger partial charge in [-0.05, 0) is 44.0 Å². The summed E-state index contributed by atoms with van der Waals surface area (Å²) in [6.45, 7) is 5.04. The van der Waals surface area contributed by atoms with Gasteiger partial charge in [0.15, 0.2) is 0 Å². The Bertz CT molecular complexity index is 799. The van der Waals surface area contributed by atoms with Crippen LogP contribution in [0, 0.1) is 13.8 Å². The Morgan fingerprint density at radius 3 is 2.35 bits per heavy atom. The predicted octanol–water partition coefficient (Wildman–Crippen LogP) is 1.19. The van der Waals surface area contributed by atoms with Crippen LogP contribution in [0.1, 0.15) is 18.1 Å². The molecule has 2 rings (SSSR count). The summed E-state index contributed by atoms with van der Waals surface area (Å²) in [4.78, 5) is 49.8. The molecule has 1 heterocycles. The number of esters is 1. The summed E-state index contributed by atoms with van der Waals surface area (Å²) in [6, 6.07) is 3.46. The predicted molar refractivity (Wildman–Crippen MR) is 94.0 cm³/mol. The van der Waals surface area contributed by atoms with Gasteiger partial charge in [-0.1, -0.05) is 0 Å². The van der Waals surface area contributed by atoms with Crippen LogP contribution >= 0.6 is 0 Å². The highest BCUT2D eigenvalue weighted by Gasteiger charge is 2.33. The monoisotopic (exact) mass is 360 g/mol. The SMILES string of the molecule is CCOC(=O)CN1C(=O)CN(C(=O)/C=C/C(=O)O)c2cc(C)c(C)cc21. The average molecular weight is 360 g/mol. The molecule has 1 aliphatic heterocycles. The zero-order valence-electron chi connectivity index (χ0n) is 14.8. The summed E-state index contributed by atoms with van der Waals surface area (Å²) >= 11 is 0. The third kappa shape index (κ3) is 4.08. The largest absolute Gasteiger partial charge is 0.478 e. The van der Waals surface area contributed by atoms with E-state index in [1.165, 1.54) is 9.80 Å². The number of carbonyl (C=O) groups is 4. The van der Waals surface area contributed by atoms with Gasteiger partial charge < -0.3 is 9.84 Å². The van der Waals surface area contributed by atoms with Gasteiger partial charge in [-0.15, -0.1) is 0 Å². The summed E-state index contributed by atoms with van der Waals surface area (Å²) in [5, 5.41) is 8.70. The number of carboxylic acids is 1. The highest BCUT2D eigenvalue weighted by Crippen LogP contribution is 2.36. The first kappa shape index (κ1) is 19.2. The van der Waals surface area contributed by atoms with Gasteiger partial charge >= 0.3 is 11.9 Å². The second-order valence-electron chi connectivity index (χ2n) is 5.81. The van der Waals surface area contributed by atoms with Gasteiger partial charge in [0.05, 0.1) is 18.0 Å². The minimum atomic E-state index is -1.26. The molecule has 0 aliphatic carbocycles. The van der Waals surface area contributed by atoms with E-state index >= 15 is 0 Å². The lowest BCUT2D eigenvalue weighted by Gasteiger charge is -2.35. The third-order valence-electron chi connectivity index (χ3n) is 3.99. The van der Waals surface area contributed by atoms with Gasteiger partial charge in [0.25, 0.3) is 5.91 Å². The lowest BCUT2D eigenvalue weighted by molar-refractivity contribution is -0.142. The molecule has 0 aromatic heterocycles. The van der Waals surface area contributed by atoms with Crippen LogP contribution in [0.15, 0.2) is 24.3 Å². The Labute approximate surface area is 150 Å². The molecule has 1 aliphatic rings. The lowest BCUT2D eigenvalue weighted by atomic mass is 10.0. The fraction of sp³-hybridized carbons (Fsp3) is 0.333. The number of aryl methyl sites for hydroxylation is 2. The molecule has 1 aromatic rings. The molecule has 0 unspecified atom stereocenters. The highest BCUT2D eigenvalue weighted by molar-refractivity contribution is 6.15. The molecule has 8 nitrogen and oxygen atoms in total. The molecule has 0 saturated carbocycles. The van der Waals surface area contributed by atoms with Crippen LogP contribution in [0.25, 0.3) is 0 Å². The van der Waals surface area contributed by atoms with Crippen molar-refractivity contribution >= 4 is 35.1 Å². The van der Waals surface area contributed by atoms with E-state index in [0.717, 1.165) is 23.3 Å². The standard InChI is InChI=1S/C18H20N2O6/c1-4-26-18(25)10-20-14-8-12(3)11(2)7-13(14)19(9-16(20)22)15(21)5-6-17(23)24/h5-8H,4,9-10H2,1-3H3,(H,23,24)/b6-5+. The number of hydrogen-bond acceptors (Lipinski definition) is 5. The van der Waals surface area contributed by atoms with Crippen LogP contribution in [0.5, 0.6) is 0 Å². The average Bonchev–Trinajstić information content (AvgIpc) is 2.57. The molecule has 0 fully saturated rings. The first-order chi connectivity index (χ1) is 12.2. The van der Waals surface area contributed by atoms with Gasteiger partial charge in [0, 0.05) is 12.2 Å². The van der Waals surface area contributed by atoms with E-state index < -0.39 is 23.8 Å². The number of nitrogens with zero attached hydrogens (tertiary/aromatic N) is 2. The summed E-state index contributed by atoms with van der Waals surface area (Å²) in [7, 11) is 0. The highest BCUT2D eigenvalue weighted by atomic mass is 16.5. The second kappa shape index (κ2) is 7.81. The number of ether oxygens (including phenoxy) is 1. The van der Waals surface area contributed by atoms with Crippen LogP contribution < -0.4 is 9.80 Å². The molecular weight excluding hydrogens is 340 g/mol. The fourth-order valence-electron chi connectivity index (χ4n) is 2.60. The van der Waals surface area contributed by atoms with Crippen molar-refractivity contribution in [3.8, 4) is 0 Å². The zero-order valence-corrected chi connectivity index (χ0v) is 14.8. The molecule has 0 saturated heterocycles. The van der Waals surface area contributed by atoms with Gasteiger partial charge in [0.1, 0.15) is 13.1 Å². The first-order valence-electron chi connectivity index (χ1n) is 8.04. The topological polar surface area (TPSA) is 104 Å². The van der Waals surface area contributed by atoms with Gasteiger partial charge in [-0.25, -0.2) is 4.79 Å². The van der Waals surface area contributed by atoms with Gasteiger partial charge in [0.2, 0.25) is 5.91 Å². The van der Waals surface area contributed by atoms with Crippen molar-refractivity contribution in [3.05, 3.63) is 35.4 Å². The zero-order chi connectivity index (χ0) is 19.4. The van der Waals surface area contributed by atoms with Crippen LogP contribution in [0.2, 0.25) is 0 Å². The van der Waals surface area contributed by atoms with Crippen molar-refractivity contribution in [2.75, 3.05) is 29.5 Å². The Morgan fingerprint density at radius 1 is 1.15 bits per heavy atom. The maximum absolute atomic E-state index is 12.5. The second-order valence-corrected chi connectivity index (χ2v) is 5.81. The van der Waals surface area contributed by atoms with E-state index in [-0.39, 0.29) is 19.7 Å². The lowest BCUT2D eigenvalue weighted by Crippen LogP contribution is -2.49. The van der Waals surface area contributed by atoms with Crippen molar-refractivity contribution in [1.82, 2.24) is 0 Å². The van der Waals surface area contributed by atoms with E-state index in [1.807, 2.05) is 13.8 Å². The van der Waals surface area contributed by atoms with Crippen molar-refractivity contribution in [1.29, 1.82) is 0 Å². The molecule has 8 heteroatoms. The van der Waals surface area contributed by atoms with Crippen molar-refractivity contribution < 1.29 is 29.0 Å². The van der Waals surface area contributed by atoms with Crippen molar-refractivity contribution in [2.45, 2.75) is 20.8 Å². The summed E-state index contributed by atoms with van der Waals surface area (Å²) < 4.78 is 4.91. The van der Waals surface area contributed by atoms with Crippen LogP contribution in [0.4, 0.5) is 11.4 Å². The molecule has 0 radical (unpaired) electrons. The number of aliphatic carboxylic acids is 1. The Hall–Kier alpha value is -3.16. The summed E-state index contributed by atoms with van der Waals surface area (Å²) in [6.07, 6.45) is 1.62. The normalized spacial score (nSPS) is 13.7. The fourth-order valence-corrected chi connectivity index (χ4v) is 2.60. The first-order valence-corrected chi connectivity index (χ1v) is 8.04. The molecule has 0 atom stereocenters. The number of fused-ring (bicyclic) bond motifs is 1. The maximum atomic E-state index is 12.5. The molecule has 138 valence electrons. The Morgan fingerprint density at radius 2 is 1.77 bits per heavy atom. The van der Waals surface area contributed by atoms with Crippen molar-refractivity contribution in [3.63, 3.8) is 0 Å². The van der Waals surface area contributed by atoms with E-state index in [9.17, 15) is 19.2 Å². The number of anilines is 2. The van der Waals surface area contributed by atoms with E-state index in [2.05, 4.69) is 0 Å². The molecule has 1 N–H and O–H groups in total. The van der Waals surface area contributed by atoms with Crippen LogP contribution in [0.3, 0.4) is 0 Å². The summed E-state index contributed by atoms with van der Waals surface area (Å²) in [5.41, 5.74) is 2.64. The quantitative estimate of drug-likeness (QED) is 0.625. The van der Waals surface area contributed by atoms with Gasteiger partial charge in [-0.3, -0.25) is 24.2 Å². The van der Waals surface area contributed by atoms with E-state index in [0.29, 0.717) is 11.4 Å². The molecule has 2 amide bonds. The maximum Gasteiger partial charge on any atom is 0.328 e. The number of benzene rings is 1. The minimum Gasteiger partial charge on any atom is -0.478 e. The van der Waals surface area contributed by atoms with E-state index in [1.54, 1.807) is 19.1 Å². The molecule has 0 bridgehead atoms. The molecule has 1 aromatic carbocycles. The smallest absolute Gasteiger partial charge is 0.328 e. The minimum absolute atomic E-state index is 0.200. The number of carboxylic acid groups (broad SMARTS) is 1.